The van der Waals surface area contributed by atoms with Gasteiger partial charge in [0, 0.05) is 6.54 Å². The van der Waals surface area contributed by atoms with Crippen molar-refractivity contribution in [1.29, 1.82) is 0 Å². The number of carbonyl (C=O) groups excluding carboxylic acids is 1. The topological polar surface area (TPSA) is 41.6 Å². The first-order valence-corrected chi connectivity index (χ1v) is 8.56. The van der Waals surface area contributed by atoms with E-state index in [1.54, 1.807) is 0 Å². The van der Waals surface area contributed by atoms with E-state index in [2.05, 4.69) is 17.3 Å². The molecule has 0 radical (unpaired) electrons. The van der Waals surface area contributed by atoms with Crippen molar-refractivity contribution in [1.82, 2.24) is 10.2 Å². The van der Waals surface area contributed by atoms with Crippen molar-refractivity contribution in [2.75, 3.05) is 33.8 Å². The molecule has 1 rings (SSSR count). The summed E-state index contributed by atoms with van der Waals surface area (Å²) in [5, 5.41) is 3.12. The lowest BCUT2D eigenvalue weighted by atomic mass is 9.95. The predicted octanol–water partition coefficient (Wildman–Crippen LogP) is 2.82. The Balaban J connectivity index is 2.20. The molecule has 1 unspecified atom stereocenters. The normalized spacial score (nSPS) is 18.9. The van der Waals surface area contributed by atoms with Gasteiger partial charge in [0.1, 0.15) is 5.54 Å². The zero-order chi connectivity index (χ0) is 15.7. The average Bonchev–Trinajstić information content (AvgIpc) is 2.96. The van der Waals surface area contributed by atoms with Gasteiger partial charge in [0.05, 0.1) is 6.61 Å². The number of hydrogen-bond donors (Lipinski definition) is 1. The third-order valence-electron chi connectivity index (χ3n) is 4.79. The van der Waals surface area contributed by atoms with Gasteiger partial charge < -0.3 is 15.0 Å². The van der Waals surface area contributed by atoms with Crippen LogP contribution in [0.4, 0.5) is 0 Å². The molecule has 1 atom stereocenters. The fraction of sp³-hybridized carbons (Fsp3) is 0.941. The first-order chi connectivity index (χ1) is 10.0. The molecule has 1 aliphatic carbocycles. The van der Waals surface area contributed by atoms with Crippen LogP contribution in [0.3, 0.4) is 0 Å². The maximum Gasteiger partial charge on any atom is 0.326 e. The second-order valence-corrected chi connectivity index (χ2v) is 6.67. The molecule has 0 aromatic carbocycles. The third kappa shape index (κ3) is 6.35. The van der Waals surface area contributed by atoms with Crippen LogP contribution >= 0.6 is 0 Å². The van der Waals surface area contributed by atoms with Crippen LogP contribution in [0.2, 0.25) is 0 Å². The van der Waals surface area contributed by atoms with E-state index in [1.807, 2.05) is 20.9 Å². The van der Waals surface area contributed by atoms with E-state index in [4.69, 9.17) is 4.74 Å². The molecular weight excluding hydrogens is 264 g/mol. The molecule has 1 aliphatic rings. The number of carbonyl (C=O) groups is 1. The molecule has 124 valence electrons. The molecule has 4 nitrogen and oxygen atoms in total. The first kappa shape index (κ1) is 18.4. The molecule has 0 aromatic heterocycles. The summed E-state index contributed by atoms with van der Waals surface area (Å²) < 4.78 is 5.15. The Hall–Kier alpha value is -0.610. The van der Waals surface area contributed by atoms with Crippen molar-refractivity contribution in [3.63, 3.8) is 0 Å². The second kappa shape index (κ2) is 9.42. The SMILES string of the molecule is CCOC(=O)C(C)(CCCCN(C)CC1CCCC1)NC. The predicted molar refractivity (Wildman–Crippen MR) is 87.4 cm³/mol. The summed E-state index contributed by atoms with van der Waals surface area (Å²) >= 11 is 0. The van der Waals surface area contributed by atoms with Crippen LogP contribution in [-0.2, 0) is 9.53 Å². The summed E-state index contributed by atoms with van der Waals surface area (Å²) in [4.78, 5) is 14.4. The second-order valence-electron chi connectivity index (χ2n) is 6.67. The summed E-state index contributed by atoms with van der Waals surface area (Å²) in [6.45, 7) is 6.60. The van der Waals surface area contributed by atoms with Crippen LogP contribution in [0.5, 0.6) is 0 Å². The number of likely N-dealkylation sites (N-methyl/N-ethyl adjacent to an activating group) is 1. The van der Waals surface area contributed by atoms with Gasteiger partial charge in [0.2, 0.25) is 0 Å². The largest absolute Gasteiger partial charge is 0.465 e. The van der Waals surface area contributed by atoms with Gasteiger partial charge in [0.15, 0.2) is 0 Å². The van der Waals surface area contributed by atoms with Gasteiger partial charge >= 0.3 is 5.97 Å². The Morgan fingerprint density at radius 3 is 2.57 bits per heavy atom. The van der Waals surface area contributed by atoms with E-state index < -0.39 is 5.54 Å². The molecule has 0 bridgehead atoms. The third-order valence-corrected chi connectivity index (χ3v) is 4.79. The molecular formula is C17H34N2O2. The zero-order valence-electron chi connectivity index (χ0n) is 14.4. The summed E-state index contributed by atoms with van der Waals surface area (Å²) in [5.74, 6) is 0.781. The number of nitrogens with zero attached hydrogens (tertiary/aromatic N) is 1. The highest BCUT2D eigenvalue weighted by atomic mass is 16.5. The standard InChI is InChI=1S/C17H34N2O2/c1-5-21-16(20)17(2,18-3)12-8-9-13-19(4)14-15-10-6-7-11-15/h15,18H,5-14H2,1-4H3. The quantitative estimate of drug-likeness (QED) is 0.497. The van der Waals surface area contributed by atoms with Crippen LogP contribution in [0, 0.1) is 5.92 Å². The number of unbranched alkanes of at least 4 members (excludes halogenated alkanes) is 1. The Labute approximate surface area is 130 Å². The molecule has 0 spiro atoms. The molecule has 0 aliphatic heterocycles. The van der Waals surface area contributed by atoms with E-state index in [9.17, 15) is 4.79 Å². The highest BCUT2D eigenvalue weighted by molar-refractivity contribution is 5.80. The fourth-order valence-electron chi connectivity index (χ4n) is 3.20. The maximum absolute atomic E-state index is 12.0. The Morgan fingerprint density at radius 2 is 2.00 bits per heavy atom. The molecule has 4 heteroatoms. The van der Waals surface area contributed by atoms with Crippen molar-refractivity contribution in [3.8, 4) is 0 Å². The van der Waals surface area contributed by atoms with Crippen molar-refractivity contribution >= 4 is 5.97 Å². The Bertz CT molecular complexity index is 303. The van der Waals surface area contributed by atoms with Gasteiger partial charge in [0.25, 0.3) is 0 Å². The van der Waals surface area contributed by atoms with Gasteiger partial charge in [-0.05, 0) is 72.5 Å². The number of nitrogens with one attached hydrogen (secondary N) is 1. The van der Waals surface area contributed by atoms with Crippen LogP contribution in [0.15, 0.2) is 0 Å². The molecule has 0 aromatic rings. The summed E-state index contributed by atoms with van der Waals surface area (Å²) in [7, 11) is 4.06. The highest BCUT2D eigenvalue weighted by Gasteiger charge is 2.32. The van der Waals surface area contributed by atoms with E-state index in [0.717, 1.165) is 31.7 Å². The van der Waals surface area contributed by atoms with E-state index in [1.165, 1.54) is 32.2 Å². The highest BCUT2D eigenvalue weighted by Crippen LogP contribution is 2.25. The molecule has 21 heavy (non-hydrogen) atoms. The minimum Gasteiger partial charge on any atom is -0.465 e. The zero-order valence-corrected chi connectivity index (χ0v) is 14.4. The monoisotopic (exact) mass is 298 g/mol. The first-order valence-electron chi connectivity index (χ1n) is 8.56. The lowest BCUT2D eigenvalue weighted by molar-refractivity contribution is -0.150. The molecule has 0 amide bonds. The Morgan fingerprint density at radius 1 is 1.33 bits per heavy atom. The fourth-order valence-corrected chi connectivity index (χ4v) is 3.20. The molecule has 0 saturated heterocycles. The minimum absolute atomic E-state index is 0.133. The number of rotatable bonds is 10. The number of ether oxygens (including phenoxy) is 1. The van der Waals surface area contributed by atoms with Crippen molar-refractivity contribution in [2.24, 2.45) is 5.92 Å². The van der Waals surface area contributed by atoms with Gasteiger partial charge in [-0.1, -0.05) is 12.8 Å². The van der Waals surface area contributed by atoms with Gasteiger partial charge in [-0.2, -0.15) is 0 Å². The van der Waals surface area contributed by atoms with Gasteiger partial charge in [-0.25, -0.2) is 0 Å². The number of hydrogen-bond acceptors (Lipinski definition) is 4. The Kier molecular flexibility index (Phi) is 8.27. The molecule has 1 fully saturated rings. The average molecular weight is 298 g/mol. The van der Waals surface area contributed by atoms with E-state index in [0.29, 0.717) is 6.61 Å². The summed E-state index contributed by atoms with van der Waals surface area (Å²) in [5.41, 5.74) is -0.542. The molecule has 0 heterocycles. The minimum atomic E-state index is -0.542. The summed E-state index contributed by atoms with van der Waals surface area (Å²) in [6, 6.07) is 0. The van der Waals surface area contributed by atoms with Crippen molar-refractivity contribution < 1.29 is 9.53 Å². The van der Waals surface area contributed by atoms with Crippen LogP contribution in [0.25, 0.3) is 0 Å². The maximum atomic E-state index is 12.0. The summed E-state index contributed by atoms with van der Waals surface area (Å²) in [6.07, 6.45) is 8.66. The smallest absolute Gasteiger partial charge is 0.326 e. The van der Waals surface area contributed by atoms with E-state index >= 15 is 0 Å². The molecule has 1 N–H and O–H groups in total. The van der Waals surface area contributed by atoms with Crippen LogP contribution < -0.4 is 5.32 Å². The van der Waals surface area contributed by atoms with E-state index in [-0.39, 0.29) is 5.97 Å². The lowest BCUT2D eigenvalue weighted by Gasteiger charge is -2.27. The molecule has 1 saturated carbocycles. The lowest BCUT2D eigenvalue weighted by Crippen LogP contribution is -2.48. The van der Waals surface area contributed by atoms with Crippen LogP contribution in [0.1, 0.15) is 58.8 Å². The van der Waals surface area contributed by atoms with Crippen molar-refractivity contribution in [2.45, 2.75) is 64.3 Å². The van der Waals surface area contributed by atoms with Crippen LogP contribution in [-0.4, -0.2) is 50.2 Å². The van der Waals surface area contributed by atoms with Crippen molar-refractivity contribution in [3.05, 3.63) is 0 Å². The van der Waals surface area contributed by atoms with Gasteiger partial charge in [-0.3, -0.25) is 4.79 Å². The number of esters is 1. The van der Waals surface area contributed by atoms with Gasteiger partial charge in [-0.15, -0.1) is 0 Å².